The van der Waals surface area contributed by atoms with E-state index in [1.165, 1.54) is 6.07 Å². The first-order chi connectivity index (χ1) is 11.7. The third-order valence-electron chi connectivity index (χ3n) is 3.54. The Hall–Kier alpha value is -2.09. The van der Waals surface area contributed by atoms with Crippen LogP contribution >= 0.6 is 11.6 Å². The minimum absolute atomic E-state index is 0.0735. The molecule has 0 saturated carbocycles. The molecule has 25 heavy (non-hydrogen) atoms. The van der Waals surface area contributed by atoms with Gasteiger partial charge >= 0.3 is 0 Å². The molecule has 2 rings (SSSR count). The maximum Gasteiger partial charge on any atom is 0.252 e. The molecule has 0 aliphatic heterocycles. The molecule has 0 heterocycles. The fourth-order valence-electron chi connectivity index (χ4n) is 2.29. The second-order valence-corrected chi connectivity index (χ2v) is 7.45. The van der Waals surface area contributed by atoms with Gasteiger partial charge in [0.25, 0.3) is 5.91 Å². The summed E-state index contributed by atoms with van der Waals surface area (Å²) in [6.07, 6.45) is 0. The number of halogens is 1. The number of benzene rings is 2. The van der Waals surface area contributed by atoms with Gasteiger partial charge in [0, 0.05) is 0 Å². The van der Waals surface area contributed by atoms with E-state index in [1.54, 1.807) is 44.2 Å². The molecule has 1 amide bonds. The Balaban J connectivity index is 1.95. The number of aryl methyl sites for hydroxylation is 2. The van der Waals surface area contributed by atoms with Crippen molar-refractivity contribution in [3.8, 4) is 5.75 Å². The summed E-state index contributed by atoms with van der Waals surface area (Å²) >= 11 is 5.97. The lowest BCUT2D eigenvalue weighted by molar-refractivity contribution is 0.0947. The van der Waals surface area contributed by atoms with Crippen molar-refractivity contribution in [2.24, 2.45) is 5.14 Å². The molecule has 0 unspecified atom stereocenters. The van der Waals surface area contributed by atoms with Crippen LogP contribution in [0.3, 0.4) is 0 Å². The number of hydrogen-bond acceptors (Lipinski definition) is 4. The number of ether oxygens (including phenoxy) is 1. The van der Waals surface area contributed by atoms with Gasteiger partial charge in [-0.3, -0.25) is 4.79 Å². The second-order valence-electron chi connectivity index (χ2n) is 5.51. The van der Waals surface area contributed by atoms with Crippen LogP contribution in [0.5, 0.6) is 5.75 Å². The number of nitrogens with two attached hydrogens (primary N) is 1. The minimum Gasteiger partial charge on any atom is -0.491 e. The molecule has 0 saturated heterocycles. The van der Waals surface area contributed by atoms with Gasteiger partial charge in [0.15, 0.2) is 0 Å². The monoisotopic (exact) mass is 382 g/mol. The van der Waals surface area contributed by atoms with Crippen LogP contribution in [0.25, 0.3) is 0 Å². The number of hydrogen-bond donors (Lipinski definition) is 2. The Labute approximate surface area is 152 Å². The van der Waals surface area contributed by atoms with Crippen LogP contribution in [0, 0.1) is 13.8 Å². The highest BCUT2D eigenvalue weighted by molar-refractivity contribution is 7.89. The van der Waals surface area contributed by atoms with E-state index in [-0.39, 0.29) is 24.0 Å². The van der Waals surface area contributed by atoms with E-state index >= 15 is 0 Å². The highest BCUT2D eigenvalue weighted by atomic mass is 35.5. The molecule has 134 valence electrons. The number of rotatable bonds is 6. The fourth-order valence-corrected chi connectivity index (χ4v) is 3.36. The lowest BCUT2D eigenvalue weighted by Crippen LogP contribution is -2.28. The van der Waals surface area contributed by atoms with Gasteiger partial charge in [-0.2, -0.15) is 0 Å². The van der Waals surface area contributed by atoms with Crippen molar-refractivity contribution in [3.63, 3.8) is 0 Å². The Kier molecular flexibility index (Phi) is 6.05. The molecule has 0 bridgehead atoms. The van der Waals surface area contributed by atoms with Crippen LogP contribution in [-0.2, 0) is 10.0 Å². The molecular weight excluding hydrogens is 364 g/mol. The van der Waals surface area contributed by atoms with Gasteiger partial charge in [0.1, 0.15) is 12.4 Å². The van der Waals surface area contributed by atoms with E-state index in [0.29, 0.717) is 27.5 Å². The summed E-state index contributed by atoms with van der Waals surface area (Å²) in [7, 11) is -3.77. The average molecular weight is 383 g/mol. The number of carbonyl (C=O) groups is 1. The Morgan fingerprint density at radius 3 is 2.52 bits per heavy atom. The van der Waals surface area contributed by atoms with Crippen molar-refractivity contribution in [1.29, 1.82) is 0 Å². The molecule has 0 radical (unpaired) electrons. The maximum absolute atomic E-state index is 12.0. The Morgan fingerprint density at radius 2 is 1.88 bits per heavy atom. The molecule has 0 atom stereocenters. The van der Waals surface area contributed by atoms with Gasteiger partial charge in [0.05, 0.1) is 22.0 Å². The van der Waals surface area contributed by atoms with Crippen LogP contribution in [0.15, 0.2) is 41.3 Å². The third kappa shape index (κ3) is 4.94. The van der Waals surface area contributed by atoms with Gasteiger partial charge in [-0.05, 0) is 49.2 Å². The highest BCUT2D eigenvalue weighted by Crippen LogP contribution is 2.25. The standard InChI is InChI=1S/C17H19ClN2O4S/c1-11-10-16(25(19,22)23)12(2)9-15(11)24-8-7-20-17(21)13-5-3-4-6-14(13)18/h3-6,9-10H,7-8H2,1-2H3,(H,20,21)(H2,19,22,23). The van der Waals surface area contributed by atoms with Gasteiger partial charge in [-0.1, -0.05) is 23.7 Å². The summed E-state index contributed by atoms with van der Waals surface area (Å²) in [5.74, 6) is 0.253. The average Bonchev–Trinajstić information content (AvgIpc) is 2.53. The molecule has 0 aromatic heterocycles. The lowest BCUT2D eigenvalue weighted by atomic mass is 10.1. The number of nitrogens with one attached hydrogen (secondary N) is 1. The van der Waals surface area contributed by atoms with Crippen molar-refractivity contribution in [2.75, 3.05) is 13.2 Å². The summed E-state index contributed by atoms with van der Waals surface area (Å²) in [6, 6.07) is 9.85. The zero-order valence-electron chi connectivity index (χ0n) is 13.9. The van der Waals surface area contributed by atoms with Crippen LogP contribution in [0.2, 0.25) is 5.02 Å². The summed E-state index contributed by atoms with van der Waals surface area (Å²) < 4.78 is 28.6. The Bertz CT molecular complexity index is 898. The number of amides is 1. The van der Waals surface area contributed by atoms with Gasteiger partial charge < -0.3 is 10.1 Å². The van der Waals surface area contributed by atoms with Crippen molar-refractivity contribution in [1.82, 2.24) is 5.32 Å². The van der Waals surface area contributed by atoms with Crippen molar-refractivity contribution in [3.05, 3.63) is 58.1 Å². The van der Waals surface area contributed by atoms with Crippen molar-refractivity contribution < 1.29 is 17.9 Å². The minimum atomic E-state index is -3.77. The SMILES string of the molecule is Cc1cc(S(N)(=O)=O)c(C)cc1OCCNC(=O)c1ccccc1Cl. The molecule has 6 nitrogen and oxygen atoms in total. The normalized spacial score (nSPS) is 11.2. The van der Waals surface area contributed by atoms with Crippen LogP contribution in [0.4, 0.5) is 0 Å². The first kappa shape index (κ1) is 19.2. The smallest absolute Gasteiger partial charge is 0.252 e. The van der Waals surface area contributed by atoms with Crippen molar-refractivity contribution in [2.45, 2.75) is 18.7 Å². The van der Waals surface area contributed by atoms with E-state index in [1.807, 2.05) is 0 Å². The quantitative estimate of drug-likeness (QED) is 0.749. The number of primary sulfonamides is 1. The predicted octanol–water partition coefficient (Wildman–Crippen LogP) is 2.41. The number of sulfonamides is 1. The second kappa shape index (κ2) is 7.86. The van der Waals surface area contributed by atoms with Crippen LogP contribution in [-0.4, -0.2) is 27.5 Å². The van der Waals surface area contributed by atoms with E-state index < -0.39 is 10.0 Å². The van der Waals surface area contributed by atoms with E-state index in [4.69, 9.17) is 21.5 Å². The molecule has 0 fully saturated rings. The van der Waals surface area contributed by atoms with E-state index in [2.05, 4.69) is 5.32 Å². The zero-order chi connectivity index (χ0) is 18.6. The molecule has 3 N–H and O–H groups in total. The molecule has 2 aromatic carbocycles. The largest absolute Gasteiger partial charge is 0.491 e. The Morgan fingerprint density at radius 1 is 1.20 bits per heavy atom. The van der Waals surface area contributed by atoms with Crippen molar-refractivity contribution >= 4 is 27.5 Å². The molecule has 0 aliphatic rings. The summed E-state index contributed by atoms with van der Waals surface area (Å²) in [5, 5.41) is 8.27. The van der Waals surface area contributed by atoms with E-state index in [9.17, 15) is 13.2 Å². The number of carbonyl (C=O) groups excluding carboxylic acids is 1. The first-order valence-corrected chi connectivity index (χ1v) is 9.42. The lowest BCUT2D eigenvalue weighted by Gasteiger charge is -2.13. The molecule has 8 heteroatoms. The molecule has 0 aliphatic carbocycles. The summed E-state index contributed by atoms with van der Waals surface area (Å²) in [5.41, 5.74) is 1.55. The van der Waals surface area contributed by atoms with Crippen LogP contribution < -0.4 is 15.2 Å². The van der Waals surface area contributed by atoms with Gasteiger partial charge in [-0.15, -0.1) is 0 Å². The zero-order valence-corrected chi connectivity index (χ0v) is 15.4. The fraction of sp³-hybridized carbons (Fsp3) is 0.235. The summed E-state index contributed by atoms with van der Waals surface area (Å²) in [6.45, 7) is 3.88. The molecule has 2 aromatic rings. The van der Waals surface area contributed by atoms with Gasteiger partial charge in [0.2, 0.25) is 10.0 Å². The molecular formula is C17H19ClN2O4S. The topological polar surface area (TPSA) is 98.5 Å². The first-order valence-electron chi connectivity index (χ1n) is 7.49. The van der Waals surface area contributed by atoms with Gasteiger partial charge in [-0.25, -0.2) is 13.6 Å². The molecule has 0 spiro atoms. The highest BCUT2D eigenvalue weighted by Gasteiger charge is 2.14. The van der Waals surface area contributed by atoms with Crippen LogP contribution in [0.1, 0.15) is 21.5 Å². The predicted molar refractivity (Wildman–Crippen MR) is 96.6 cm³/mol. The summed E-state index contributed by atoms with van der Waals surface area (Å²) in [4.78, 5) is 12.1. The van der Waals surface area contributed by atoms with E-state index in [0.717, 1.165) is 0 Å². The third-order valence-corrected chi connectivity index (χ3v) is 4.93. The maximum atomic E-state index is 12.0.